The van der Waals surface area contributed by atoms with Gasteiger partial charge in [-0.2, -0.15) is 0 Å². The van der Waals surface area contributed by atoms with Crippen molar-refractivity contribution in [2.75, 3.05) is 26.3 Å². The molecule has 0 bridgehead atoms. The predicted octanol–water partition coefficient (Wildman–Crippen LogP) is 1.70. The van der Waals surface area contributed by atoms with Crippen molar-refractivity contribution in [3.8, 4) is 0 Å². The average Bonchev–Trinajstić information content (AvgIpc) is 2.47. The van der Waals surface area contributed by atoms with Crippen LogP contribution in [0, 0.1) is 11.8 Å². The molecular weight excluding hydrogens is 272 g/mol. The number of carboxylic acid groups (broad SMARTS) is 1. The zero-order valence-electron chi connectivity index (χ0n) is 12.7. The minimum atomic E-state index is -0.780. The maximum atomic E-state index is 12.3. The van der Waals surface area contributed by atoms with E-state index in [-0.39, 0.29) is 24.4 Å². The molecule has 2 atom stereocenters. The van der Waals surface area contributed by atoms with Gasteiger partial charge in [0.2, 0.25) is 0 Å². The molecule has 2 N–H and O–H groups in total. The largest absolute Gasteiger partial charge is 0.481 e. The normalized spacial score (nSPS) is 25.4. The highest BCUT2D eigenvalue weighted by molar-refractivity contribution is 5.75. The van der Waals surface area contributed by atoms with Crippen LogP contribution >= 0.6 is 0 Å². The summed E-state index contributed by atoms with van der Waals surface area (Å²) in [6, 6.07) is 0.0883. The number of nitrogens with one attached hydrogen (secondary N) is 1. The minimum absolute atomic E-state index is 0.0518. The molecule has 2 aliphatic rings. The highest BCUT2D eigenvalue weighted by Gasteiger charge is 2.28. The van der Waals surface area contributed by atoms with Gasteiger partial charge in [-0.1, -0.05) is 0 Å². The van der Waals surface area contributed by atoms with E-state index in [2.05, 4.69) is 5.32 Å². The lowest BCUT2D eigenvalue weighted by Crippen LogP contribution is -2.50. The van der Waals surface area contributed by atoms with Crippen molar-refractivity contribution in [2.24, 2.45) is 11.8 Å². The molecule has 0 aromatic heterocycles. The molecule has 120 valence electrons. The fourth-order valence-corrected chi connectivity index (χ4v) is 3.28. The van der Waals surface area contributed by atoms with Crippen LogP contribution in [0.1, 0.15) is 39.0 Å². The second kappa shape index (κ2) is 7.64. The van der Waals surface area contributed by atoms with E-state index < -0.39 is 5.97 Å². The van der Waals surface area contributed by atoms with Crippen molar-refractivity contribution in [2.45, 2.75) is 45.1 Å². The number of carbonyl (C=O) groups excluding carboxylic acids is 1. The van der Waals surface area contributed by atoms with Crippen LogP contribution in [-0.2, 0) is 9.53 Å². The van der Waals surface area contributed by atoms with Crippen LogP contribution in [0.5, 0.6) is 0 Å². The van der Waals surface area contributed by atoms with Crippen molar-refractivity contribution in [1.29, 1.82) is 0 Å². The van der Waals surface area contributed by atoms with Crippen LogP contribution in [0.25, 0.3) is 0 Å². The third-order valence-corrected chi connectivity index (χ3v) is 4.59. The third kappa shape index (κ3) is 4.88. The summed E-state index contributed by atoms with van der Waals surface area (Å²) in [6.07, 6.45) is 3.91. The highest BCUT2D eigenvalue weighted by atomic mass is 16.5. The first kappa shape index (κ1) is 16.1. The highest BCUT2D eigenvalue weighted by Crippen LogP contribution is 2.21. The Hall–Kier alpha value is -1.30. The van der Waals surface area contributed by atoms with Gasteiger partial charge in [-0.05, 0) is 44.4 Å². The topological polar surface area (TPSA) is 78.9 Å². The lowest BCUT2D eigenvalue weighted by molar-refractivity contribution is -0.138. The van der Waals surface area contributed by atoms with E-state index in [4.69, 9.17) is 9.84 Å². The average molecular weight is 298 g/mol. The first-order valence-corrected chi connectivity index (χ1v) is 7.91. The summed E-state index contributed by atoms with van der Waals surface area (Å²) in [5.74, 6) is -0.222. The van der Waals surface area contributed by atoms with Crippen molar-refractivity contribution in [1.82, 2.24) is 10.2 Å². The van der Waals surface area contributed by atoms with E-state index in [9.17, 15) is 9.59 Å². The van der Waals surface area contributed by atoms with Gasteiger partial charge < -0.3 is 20.1 Å². The van der Waals surface area contributed by atoms with Crippen molar-refractivity contribution < 1.29 is 19.4 Å². The lowest BCUT2D eigenvalue weighted by Gasteiger charge is -2.35. The van der Waals surface area contributed by atoms with Gasteiger partial charge in [0.25, 0.3) is 0 Å². The van der Waals surface area contributed by atoms with Crippen LogP contribution in [0.15, 0.2) is 0 Å². The maximum Gasteiger partial charge on any atom is 0.317 e. The third-order valence-electron chi connectivity index (χ3n) is 4.59. The molecule has 0 aromatic rings. The Balaban J connectivity index is 1.80. The van der Waals surface area contributed by atoms with Gasteiger partial charge in [-0.25, -0.2) is 4.79 Å². The Bertz CT molecular complexity index is 369. The Morgan fingerprint density at radius 2 is 2.05 bits per heavy atom. The first-order chi connectivity index (χ1) is 10.1. The van der Waals surface area contributed by atoms with Crippen LogP contribution in [0.4, 0.5) is 4.79 Å². The summed E-state index contributed by atoms with van der Waals surface area (Å²) in [7, 11) is 0. The number of hydrogen-bond acceptors (Lipinski definition) is 3. The molecule has 2 heterocycles. The molecule has 0 saturated carbocycles. The fraction of sp³-hybridized carbons (Fsp3) is 0.867. The van der Waals surface area contributed by atoms with Crippen molar-refractivity contribution >= 4 is 12.0 Å². The number of likely N-dealkylation sites (tertiary alicyclic amines) is 1. The summed E-state index contributed by atoms with van der Waals surface area (Å²) in [6.45, 7) is 4.87. The number of amides is 2. The van der Waals surface area contributed by atoms with Crippen LogP contribution in [-0.4, -0.2) is 54.4 Å². The van der Waals surface area contributed by atoms with Crippen LogP contribution in [0.2, 0.25) is 0 Å². The molecule has 2 unspecified atom stereocenters. The fourth-order valence-electron chi connectivity index (χ4n) is 3.28. The van der Waals surface area contributed by atoms with Gasteiger partial charge in [0, 0.05) is 38.8 Å². The summed E-state index contributed by atoms with van der Waals surface area (Å²) in [5.41, 5.74) is 0. The zero-order chi connectivity index (χ0) is 15.2. The second-order valence-electron chi connectivity index (χ2n) is 6.24. The standard InChI is InChI=1S/C15H26N2O4/c1-11(13-4-7-21-8-5-13)16-15(20)17-6-2-3-12(10-17)9-14(18)19/h11-13H,2-10H2,1H3,(H,16,20)(H,18,19). The van der Waals surface area contributed by atoms with E-state index in [1.807, 2.05) is 6.92 Å². The van der Waals surface area contributed by atoms with Crippen LogP contribution in [0.3, 0.4) is 0 Å². The molecule has 0 aliphatic carbocycles. The molecule has 0 aromatic carbocycles. The molecule has 2 saturated heterocycles. The quantitative estimate of drug-likeness (QED) is 0.828. The summed E-state index contributed by atoms with van der Waals surface area (Å²) < 4.78 is 5.34. The molecule has 0 radical (unpaired) electrons. The number of piperidine rings is 1. The number of rotatable bonds is 4. The number of aliphatic carboxylic acids is 1. The Morgan fingerprint density at radius 1 is 1.33 bits per heavy atom. The van der Waals surface area contributed by atoms with Gasteiger partial charge in [0.15, 0.2) is 0 Å². The molecule has 6 nitrogen and oxygen atoms in total. The number of urea groups is 1. The summed E-state index contributed by atoms with van der Waals surface area (Å²) in [4.78, 5) is 24.9. The number of nitrogens with zero attached hydrogens (tertiary/aromatic N) is 1. The number of hydrogen-bond donors (Lipinski definition) is 2. The Kier molecular flexibility index (Phi) is 5.85. The van der Waals surface area contributed by atoms with E-state index in [1.54, 1.807) is 4.90 Å². The number of carbonyl (C=O) groups is 2. The molecule has 2 aliphatic heterocycles. The van der Waals surface area contributed by atoms with Gasteiger partial charge in [-0.3, -0.25) is 4.79 Å². The summed E-state index contributed by atoms with van der Waals surface area (Å²) in [5, 5.41) is 12.0. The smallest absolute Gasteiger partial charge is 0.317 e. The molecule has 6 heteroatoms. The van der Waals surface area contributed by atoms with Gasteiger partial charge >= 0.3 is 12.0 Å². The first-order valence-electron chi connectivity index (χ1n) is 7.91. The van der Waals surface area contributed by atoms with Crippen LogP contribution < -0.4 is 5.32 Å². The Labute approximate surface area is 125 Å². The number of carboxylic acids is 1. The number of ether oxygens (including phenoxy) is 1. The SMILES string of the molecule is CC(NC(=O)N1CCCC(CC(=O)O)C1)C1CCOCC1. The minimum Gasteiger partial charge on any atom is -0.481 e. The summed E-state index contributed by atoms with van der Waals surface area (Å²) >= 11 is 0. The van der Waals surface area contributed by atoms with Gasteiger partial charge in [0.1, 0.15) is 0 Å². The van der Waals surface area contributed by atoms with E-state index >= 15 is 0 Å². The molecule has 21 heavy (non-hydrogen) atoms. The van der Waals surface area contributed by atoms with E-state index in [1.165, 1.54) is 0 Å². The molecule has 2 fully saturated rings. The second-order valence-corrected chi connectivity index (χ2v) is 6.24. The van der Waals surface area contributed by atoms with Crippen molar-refractivity contribution in [3.63, 3.8) is 0 Å². The lowest BCUT2D eigenvalue weighted by atomic mass is 9.93. The van der Waals surface area contributed by atoms with E-state index in [0.29, 0.717) is 12.5 Å². The van der Waals surface area contributed by atoms with Crippen molar-refractivity contribution in [3.05, 3.63) is 0 Å². The monoisotopic (exact) mass is 298 g/mol. The zero-order valence-corrected chi connectivity index (χ0v) is 12.7. The predicted molar refractivity (Wildman–Crippen MR) is 78.1 cm³/mol. The van der Waals surface area contributed by atoms with Gasteiger partial charge in [-0.15, -0.1) is 0 Å². The Morgan fingerprint density at radius 3 is 2.71 bits per heavy atom. The maximum absolute atomic E-state index is 12.3. The molecule has 2 rings (SSSR count). The molecule has 2 amide bonds. The molecular formula is C15H26N2O4. The van der Waals surface area contributed by atoms with Gasteiger partial charge in [0.05, 0.1) is 0 Å². The molecule has 0 spiro atoms. The van der Waals surface area contributed by atoms with E-state index in [0.717, 1.165) is 45.4 Å².